The fraction of sp³-hybridized carbons (Fsp3) is 0.481. The highest BCUT2D eigenvalue weighted by Gasteiger charge is 2.34. The van der Waals surface area contributed by atoms with Crippen molar-refractivity contribution >= 4 is 27.5 Å². The van der Waals surface area contributed by atoms with Crippen molar-refractivity contribution in [1.82, 2.24) is 10.2 Å². The minimum absolute atomic E-state index is 0.106. The number of carbonyl (C=O) groups excluding carboxylic acids is 2. The first-order valence-electron chi connectivity index (χ1n) is 12.6. The second kappa shape index (κ2) is 10.8. The number of amides is 2. The number of likely N-dealkylation sites (tertiary alicyclic amines) is 1. The number of nitrogens with one attached hydrogen (secondary N) is 2. The van der Waals surface area contributed by atoms with E-state index >= 15 is 0 Å². The lowest BCUT2D eigenvalue weighted by atomic mass is 9.92. The van der Waals surface area contributed by atoms with Gasteiger partial charge in [0.15, 0.2) is 0 Å². The monoisotopic (exact) mass is 497 g/mol. The Morgan fingerprint density at radius 1 is 1.00 bits per heavy atom. The van der Waals surface area contributed by atoms with Gasteiger partial charge in [-0.05, 0) is 98.4 Å². The second-order valence-electron chi connectivity index (χ2n) is 9.95. The maximum atomic E-state index is 13.1. The van der Waals surface area contributed by atoms with Gasteiger partial charge in [-0.25, -0.2) is 8.42 Å². The van der Waals surface area contributed by atoms with Crippen LogP contribution >= 0.6 is 0 Å². The van der Waals surface area contributed by atoms with E-state index in [-0.39, 0.29) is 16.7 Å². The Bertz CT molecular complexity index is 1180. The molecule has 1 aliphatic carbocycles. The van der Waals surface area contributed by atoms with E-state index in [0.717, 1.165) is 44.1 Å². The molecule has 8 heteroatoms. The third kappa shape index (κ3) is 6.04. The summed E-state index contributed by atoms with van der Waals surface area (Å²) in [5.74, 6) is 0.182. The Labute approximate surface area is 208 Å². The molecule has 188 valence electrons. The zero-order valence-corrected chi connectivity index (χ0v) is 21.4. The number of hydrogen-bond donors (Lipinski definition) is 2. The van der Waals surface area contributed by atoms with Crippen LogP contribution in [0.25, 0.3) is 0 Å². The normalized spacial score (nSPS) is 17.8. The number of carbonyl (C=O) groups is 2. The Hall–Kier alpha value is -2.87. The second-order valence-corrected chi connectivity index (χ2v) is 11.6. The standard InChI is InChI=1S/C27H35N3O4S/c1-19(2)15-16-28-26(31)25-8-5-17-30(25)27(32)21-9-12-23(13-10-21)29-35(33,34)24-14-11-20-6-3-4-7-22(20)18-24/h9-14,18-19,25,29H,3-8,15-17H2,1-2H3,(H,28,31)/t25-/m0/s1. The van der Waals surface area contributed by atoms with E-state index in [2.05, 4.69) is 23.9 Å². The molecular formula is C27H35N3O4S. The average molecular weight is 498 g/mol. The largest absolute Gasteiger partial charge is 0.354 e. The summed E-state index contributed by atoms with van der Waals surface area (Å²) in [4.78, 5) is 27.6. The molecule has 0 spiro atoms. The van der Waals surface area contributed by atoms with Gasteiger partial charge in [0.1, 0.15) is 6.04 Å². The van der Waals surface area contributed by atoms with E-state index in [1.165, 1.54) is 5.56 Å². The molecule has 2 aromatic rings. The molecule has 2 aliphatic rings. The van der Waals surface area contributed by atoms with Gasteiger partial charge in [-0.15, -0.1) is 0 Å². The van der Waals surface area contributed by atoms with Gasteiger partial charge in [0.25, 0.3) is 15.9 Å². The quantitative estimate of drug-likeness (QED) is 0.573. The summed E-state index contributed by atoms with van der Waals surface area (Å²) in [6.07, 6.45) is 6.46. The van der Waals surface area contributed by atoms with Crippen LogP contribution in [0, 0.1) is 5.92 Å². The molecule has 1 fully saturated rings. The van der Waals surface area contributed by atoms with E-state index in [1.807, 2.05) is 6.07 Å². The fourth-order valence-corrected chi connectivity index (χ4v) is 5.93. The molecule has 1 aliphatic heterocycles. The molecule has 2 N–H and O–H groups in total. The topological polar surface area (TPSA) is 95.6 Å². The van der Waals surface area contributed by atoms with Gasteiger partial charge < -0.3 is 10.2 Å². The number of anilines is 1. The Kier molecular flexibility index (Phi) is 7.79. The number of sulfonamides is 1. The third-order valence-corrected chi connectivity index (χ3v) is 8.23. The third-order valence-electron chi connectivity index (χ3n) is 6.85. The van der Waals surface area contributed by atoms with Crippen molar-refractivity contribution < 1.29 is 18.0 Å². The minimum Gasteiger partial charge on any atom is -0.354 e. The van der Waals surface area contributed by atoms with Crippen molar-refractivity contribution in [3.05, 3.63) is 59.2 Å². The van der Waals surface area contributed by atoms with Gasteiger partial charge in [-0.2, -0.15) is 0 Å². The summed E-state index contributed by atoms with van der Waals surface area (Å²) in [7, 11) is -3.73. The van der Waals surface area contributed by atoms with Crippen LogP contribution < -0.4 is 10.0 Å². The smallest absolute Gasteiger partial charge is 0.261 e. The van der Waals surface area contributed by atoms with Crippen molar-refractivity contribution in [3.8, 4) is 0 Å². The van der Waals surface area contributed by atoms with Crippen LogP contribution in [0.4, 0.5) is 5.69 Å². The first kappa shape index (κ1) is 25.2. The van der Waals surface area contributed by atoms with E-state index in [1.54, 1.807) is 41.3 Å². The van der Waals surface area contributed by atoms with Crippen LogP contribution in [0.5, 0.6) is 0 Å². The molecule has 0 bridgehead atoms. The SMILES string of the molecule is CC(C)CCNC(=O)[C@@H]1CCCN1C(=O)c1ccc(NS(=O)(=O)c2ccc3c(c2)CCCC3)cc1. The van der Waals surface area contributed by atoms with Gasteiger partial charge >= 0.3 is 0 Å². The lowest BCUT2D eigenvalue weighted by Crippen LogP contribution is -2.46. The fourth-order valence-electron chi connectivity index (χ4n) is 4.82. The maximum absolute atomic E-state index is 13.1. The molecule has 4 rings (SSSR count). The summed E-state index contributed by atoms with van der Waals surface area (Å²) >= 11 is 0. The number of rotatable bonds is 8. The van der Waals surface area contributed by atoms with Crippen molar-refractivity contribution in [2.75, 3.05) is 17.8 Å². The maximum Gasteiger partial charge on any atom is 0.261 e. The van der Waals surface area contributed by atoms with E-state index in [4.69, 9.17) is 0 Å². The minimum atomic E-state index is -3.73. The van der Waals surface area contributed by atoms with Crippen molar-refractivity contribution in [2.45, 2.75) is 69.7 Å². The first-order valence-corrected chi connectivity index (χ1v) is 14.1. The van der Waals surface area contributed by atoms with Gasteiger partial charge in [0.2, 0.25) is 5.91 Å². The highest BCUT2D eigenvalue weighted by molar-refractivity contribution is 7.92. The van der Waals surface area contributed by atoms with Gasteiger partial charge in [-0.1, -0.05) is 19.9 Å². The summed E-state index contributed by atoms with van der Waals surface area (Å²) in [6.45, 7) is 5.35. The molecule has 1 heterocycles. The Morgan fingerprint density at radius 2 is 1.71 bits per heavy atom. The molecule has 7 nitrogen and oxygen atoms in total. The molecule has 35 heavy (non-hydrogen) atoms. The molecule has 0 saturated carbocycles. The lowest BCUT2D eigenvalue weighted by molar-refractivity contribution is -0.124. The molecule has 2 amide bonds. The van der Waals surface area contributed by atoms with Crippen molar-refractivity contribution in [1.29, 1.82) is 0 Å². The number of benzene rings is 2. The molecule has 2 aromatic carbocycles. The summed E-state index contributed by atoms with van der Waals surface area (Å²) in [5.41, 5.74) is 3.16. The molecule has 0 radical (unpaired) electrons. The van der Waals surface area contributed by atoms with Crippen LogP contribution in [0.2, 0.25) is 0 Å². The van der Waals surface area contributed by atoms with Crippen LogP contribution in [-0.2, 0) is 27.7 Å². The predicted octanol–water partition coefficient (Wildman–Crippen LogP) is 4.13. The first-order chi connectivity index (χ1) is 16.7. The van der Waals surface area contributed by atoms with Crippen LogP contribution in [0.15, 0.2) is 47.4 Å². The van der Waals surface area contributed by atoms with Crippen molar-refractivity contribution in [3.63, 3.8) is 0 Å². The van der Waals surface area contributed by atoms with Gasteiger partial charge in [-0.3, -0.25) is 14.3 Å². The van der Waals surface area contributed by atoms with Crippen LogP contribution in [-0.4, -0.2) is 44.3 Å². The van der Waals surface area contributed by atoms with E-state index in [0.29, 0.717) is 36.7 Å². The molecule has 0 aromatic heterocycles. The average Bonchev–Trinajstić information content (AvgIpc) is 3.33. The Balaban J connectivity index is 1.41. The summed E-state index contributed by atoms with van der Waals surface area (Å²) in [5, 5.41) is 2.95. The molecular weight excluding hydrogens is 462 g/mol. The highest BCUT2D eigenvalue weighted by Crippen LogP contribution is 2.26. The molecule has 1 atom stereocenters. The van der Waals surface area contributed by atoms with E-state index < -0.39 is 16.1 Å². The number of nitrogens with zero attached hydrogens (tertiary/aromatic N) is 1. The molecule has 0 unspecified atom stereocenters. The molecule has 1 saturated heterocycles. The predicted molar refractivity (Wildman–Crippen MR) is 137 cm³/mol. The van der Waals surface area contributed by atoms with Crippen LogP contribution in [0.1, 0.15) is 67.4 Å². The summed E-state index contributed by atoms with van der Waals surface area (Å²) in [6, 6.07) is 11.3. The van der Waals surface area contributed by atoms with Gasteiger partial charge in [0.05, 0.1) is 4.90 Å². The highest BCUT2D eigenvalue weighted by atomic mass is 32.2. The zero-order valence-electron chi connectivity index (χ0n) is 20.5. The van der Waals surface area contributed by atoms with Gasteiger partial charge in [0, 0.05) is 24.3 Å². The number of hydrogen-bond acceptors (Lipinski definition) is 4. The zero-order chi connectivity index (χ0) is 25.0. The number of fused-ring (bicyclic) bond motifs is 1. The number of aryl methyl sites for hydroxylation is 2. The van der Waals surface area contributed by atoms with Crippen molar-refractivity contribution in [2.24, 2.45) is 5.92 Å². The Morgan fingerprint density at radius 3 is 2.43 bits per heavy atom. The van der Waals surface area contributed by atoms with E-state index in [9.17, 15) is 18.0 Å². The summed E-state index contributed by atoms with van der Waals surface area (Å²) < 4.78 is 28.5. The lowest BCUT2D eigenvalue weighted by Gasteiger charge is -2.24. The van der Waals surface area contributed by atoms with Crippen LogP contribution in [0.3, 0.4) is 0 Å².